The van der Waals surface area contributed by atoms with E-state index in [-0.39, 0.29) is 16.8 Å². The fourth-order valence-electron chi connectivity index (χ4n) is 1.50. The van der Waals surface area contributed by atoms with Crippen LogP contribution in [-0.2, 0) is 4.74 Å². The molecule has 2 rings (SSSR count). The summed E-state index contributed by atoms with van der Waals surface area (Å²) in [5.74, 6) is -1.75. The van der Waals surface area contributed by atoms with Crippen LogP contribution in [-0.4, -0.2) is 19.0 Å². The minimum absolute atomic E-state index is 0.0399. The zero-order valence-corrected chi connectivity index (χ0v) is 9.98. The lowest BCUT2D eigenvalue weighted by molar-refractivity contribution is 0.0602. The lowest BCUT2D eigenvalue weighted by Crippen LogP contribution is -2.15. The van der Waals surface area contributed by atoms with Crippen LogP contribution >= 0.6 is 0 Å². The summed E-state index contributed by atoms with van der Waals surface area (Å²) in [7, 11) is 1.20. The van der Waals surface area contributed by atoms with Gasteiger partial charge in [0.05, 0.1) is 30.2 Å². The Kier molecular flexibility index (Phi) is 3.61. The minimum Gasteiger partial charge on any atom is -0.472 e. The third-order valence-electron chi connectivity index (χ3n) is 2.42. The van der Waals surface area contributed by atoms with Crippen molar-refractivity contribution in [2.45, 2.75) is 0 Å². The van der Waals surface area contributed by atoms with Crippen molar-refractivity contribution in [2.75, 3.05) is 12.4 Å². The normalized spacial score (nSPS) is 10.0. The quantitative estimate of drug-likeness (QED) is 0.863. The topological polar surface area (TPSA) is 68.5 Å². The van der Waals surface area contributed by atoms with Gasteiger partial charge in [-0.1, -0.05) is 0 Å². The van der Waals surface area contributed by atoms with Crippen LogP contribution in [0.4, 0.5) is 10.1 Å². The van der Waals surface area contributed by atoms with E-state index in [1.165, 1.54) is 31.8 Å². The Labute approximate surface area is 108 Å². The summed E-state index contributed by atoms with van der Waals surface area (Å²) in [6, 6.07) is 4.85. The summed E-state index contributed by atoms with van der Waals surface area (Å²) in [6.45, 7) is 0. The first-order valence-electron chi connectivity index (χ1n) is 5.33. The molecule has 1 amide bonds. The van der Waals surface area contributed by atoms with Crippen molar-refractivity contribution < 1.29 is 23.1 Å². The molecule has 0 radical (unpaired) electrons. The molecule has 98 valence electrons. The monoisotopic (exact) mass is 263 g/mol. The van der Waals surface area contributed by atoms with Gasteiger partial charge in [-0.25, -0.2) is 9.18 Å². The number of amides is 1. The van der Waals surface area contributed by atoms with Crippen LogP contribution < -0.4 is 5.32 Å². The summed E-state index contributed by atoms with van der Waals surface area (Å²) >= 11 is 0. The Bertz CT molecular complexity index is 607. The molecule has 1 aromatic carbocycles. The van der Waals surface area contributed by atoms with Crippen LogP contribution in [0.1, 0.15) is 20.7 Å². The number of anilines is 1. The van der Waals surface area contributed by atoms with E-state index in [1.807, 2.05) is 0 Å². The van der Waals surface area contributed by atoms with Crippen molar-refractivity contribution in [3.05, 3.63) is 53.7 Å². The number of hydrogen-bond acceptors (Lipinski definition) is 4. The summed E-state index contributed by atoms with van der Waals surface area (Å²) in [5, 5.41) is 2.43. The lowest BCUT2D eigenvalue weighted by Gasteiger charge is -2.09. The Morgan fingerprint density at radius 2 is 2.11 bits per heavy atom. The number of furan rings is 1. The van der Waals surface area contributed by atoms with E-state index in [0.29, 0.717) is 0 Å². The average molecular weight is 263 g/mol. The van der Waals surface area contributed by atoms with Crippen molar-refractivity contribution in [1.82, 2.24) is 0 Å². The van der Waals surface area contributed by atoms with Gasteiger partial charge in [0.25, 0.3) is 5.91 Å². The molecule has 5 nitrogen and oxygen atoms in total. The van der Waals surface area contributed by atoms with E-state index in [1.54, 1.807) is 0 Å². The standard InChI is InChI=1S/C13H10FNO4/c1-18-13(17)10-3-2-9(14)6-11(10)15-12(16)8-4-5-19-7-8/h2-7H,1H3,(H,15,16). The number of halogens is 1. The van der Waals surface area contributed by atoms with Crippen molar-refractivity contribution in [3.8, 4) is 0 Å². The minimum atomic E-state index is -0.664. The number of esters is 1. The Hall–Kier alpha value is -2.63. The molecule has 0 aliphatic heterocycles. The number of hydrogen-bond donors (Lipinski definition) is 1. The number of benzene rings is 1. The van der Waals surface area contributed by atoms with Crippen LogP contribution in [0.2, 0.25) is 0 Å². The Morgan fingerprint density at radius 3 is 2.74 bits per heavy atom. The highest BCUT2D eigenvalue weighted by Crippen LogP contribution is 2.19. The van der Waals surface area contributed by atoms with Crippen LogP contribution in [0, 0.1) is 5.82 Å². The van der Waals surface area contributed by atoms with Gasteiger partial charge in [-0.2, -0.15) is 0 Å². The second-order valence-corrected chi connectivity index (χ2v) is 3.65. The molecule has 0 aliphatic rings. The number of nitrogens with one attached hydrogen (secondary N) is 1. The van der Waals surface area contributed by atoms with Gasteiger partial charge in [-0.15, -0.1) is 0 Å². The molecule has 0 unspecified atom stereocenters. The maximum Gasteiger partial charge on any atom is 0.339 e. The molecule has 0 atom stereocenters. The molecule has 0 spiro atoms. The molecule has 19 heavy (non-hydrogen) atoms. The molecule has 1 N–H and O–H groups in total. The molecule has 1 aromatic heterocycles. The highest BCUT2D eigenvalue weighted by Gasteiger charge is 2.16. The Balaban J connectivity index is 2.31. The van der Waals surface area contributed by atoms with Gasteiger partial charge in [-0.05, 0) is 24.3 Å². The third kappa shape index (κ3) is 2.79. The summed E-state index contributed by atoms with van der Waals surface area (Å²) < 4.78 is 22.5. The number of carbonyl (C=O) groups is 2. The zero-order chi connectivity index (χ0) is 13.8. The fourth-order valence-corrected chi connectivity index (χ4v) is 1.50. The number of carbonyl (C=O) groups excluding carboxylic acids is 2. The SMILES string of the molecule is COC(=O)c1ccc(F)cc1NC(=O)c1ccoc1. The van der Waals surface area contributed by atoms with E-state index in [9.17, 15) is 14.0 Å². The van der Waals surface area contributed by atoms with Crippen molar-refractivity contribution in [1.29, 1.82) is 0 Å². The first-order valence-corrected chi connectivity index (χ1v) is 5.33. The molecule has 0 saturated carbocycles. The van der Waals surface area contributed by atoms with Gasteiger partial charge in [0.15, 0.2) is 0 Å². The highest BCUT2D eigenvalue weighted by atomic mass is 19.1. The third-order valence-corrected chi connectivity index (χ3v) is 2.42. The van der Waals surface area contributed by atoms with E-state index in [0.717, 1.165) is 12.1 Å². The van der Waals surface area contributed by atoms with Crippen LogP contribution in [0.25, 0.3) is 0 Å². The van der Waals surface area contributed by atoms with Gasteiger partial charge < -0.3 is 14.5 Å². The van der Waals surface area contributed by atoms with Crippen molar-refractivity contribution in [3.63, 3.8) is 0 Å². The maximum absolute atomic E-state index is 13.2. The van der Waals surface area contributed by atoms with E-state index < -0.39 is 17.7 Å². The smallest absolute Gasteiger partial charge is 0.339 e. The summed E-state index contributed by atoms with van der Waals surface area (Å²) in [6.07, 6.45) is 2.58. The van der Waals surface area contributed by atoms with E-state index >= 15 is 0 Å². The number of methoxy groups -OCH3 is 1. The molecule has 0 saturated heterocycles. The van der Waals surface area contributed by atoms with Gasteiger partial charge >= 0.3 is 5.97 Å². The second-order valence-electron chi connectivity index (χ2n) is 3.65. The molecule has 0 aliphatic carbocycles. The molecule has 0 fully saturated rings. The van der Waals surface area contributed by atoms with Crippen molar-refractivity contribution in [2.24, 2.45) is 0 Å². The van der Waals surface area contributed by atoms with Gasteiger partial charge in [-0.3, -0.25) is 4.79 Å². The number of ether oxygens (including phenoxy) is 1. The van der Waals surface area contributed by atoms with Crippen LogP contribution in [0.5, 0.6) is 0 Å². The molecule has 1 heterocycles. The second kappa shape index (κ2) is 5.34. The van der Waals surface area contributed by atoms with Crippen LogP contribution in [0.3, 0.4) is 0 Å². The summed E-state index contributed by atoms with van der Waals surface area (Å²) in [4.78, 5) is 23.3. The van der Waals surface area contributed by atoms with Gasteiger partial charge in [0, 0.05) is 0 Å². The molecule has 6 heteroatoms. The molecule has 0 bridgehead atoms. The number of rotatable bonds is 3. The van der Waals surface area contributed by atoms with Crippen molar-refractivity contribution >= 4 is 17.6 Å². The molecular weight excluding hydrogens is 253 g/mol. The predicted molar refractivity (Wildman–Crippen MR) is 64.4 cm³/mol. The first-order chi connectivity index (χ1) is 9.11. The first kappa shape index (κ1) is 12.8. The maximum atomic E-state index is 13.2. The molecular formula is C13H10FNO4. The average Bonchev–Trinajstić information content (AvgIpc) is 2.92. The van der Waals surface area contributed by atoms with Gasteiger partial charge in [0.2, 0.25) is 0 Å². The van der Waals surface area contributed by atoms with E-state index in [4.69, 9.17) is 4.42 Å². The molecule has 2 aromatic rings. The van der Waals surface area contributed by atoms with Gasteiger partial charge in [0.1, 0.15) is 12.1 Å². The summed E-state index contributed by atoms with van der Waals surface area (Å²) in [5.41, 5.74) is 0.374. The largest absolute Gasteiger partial charge is 0.472 e. The zero-order valence-electron chi connectivity index (χ0n) is 9.98. The lowest BCUT2D eigenvalue weighted by atomic mass is 10.1. The Morgan fingerprint density at radius 1 is 1.32 bits per heavy atom. The fraction of sp³-hybridized carbons (Fsp3) is 0.0769. The highest BCUT2D eigenvalue weighted by molar-refractivity contribution is 6.07. The predicted octanol–water partition coefficient (Wildman–Crippen LogP) is 2.46. The van der Waals surface area contributed by atoms with E-state index in [2.05, 4.69) is 10.1 Å². The van der Waals surface area contributed by atoms with Crippen LogP contribution in [0.15, 0.2) is 41.2 Å².